The lowest BCUT2D eigenvalue weighted by molar-refractivity contribution is -0.140. The zero-order valence-electron chi connectivity index (χ0n) is 11.8. The van der Waals surface area contributed by atoms with Crippen LogP contribution in [-0.4, -0.2) is 43.2 Å². The molecule has 0 spiro atoms. The van der Waals surface area contributed by atoms with Gasteiger partial charge in [-0.2, -0.15) is 0 Å². The van der Waals surface area contributed by atoms with Crippen molar-refractivity contribution in [2.75, 3.05) is 24.3 Å². The van der Waals surface area contributed by atoms with Crippen molar-refractivity contribution in [2.24, 2.45) is 5.73 Å². The number of carbonyl (C=O) groups is 3. The Morgan fingerprint density at radius 2 is 2.00 bits per heavy atom. The van der Waals surface area contributed by atoms with Crippen LogP contribution in [0.3, 0.4) is 0 Å². The number of hydrogen-bond donors (Lipinski definition) is 4. The summed E-state index contributed by atoms with van der Waals surface area (Å²) in [5.41, 5.74) is 6.31. The first-order valence-electron chi connectivity index (χ1n) is 6.15. The molecule has 3 amide bonds. The molecule has 0 bridgehead atoms. The van der Waals surface area contributed by atoms with E-state index in [2.05, 4.69) is 10.6 Å². The fourth-order valence-electron chi connectivity index (χ4n) is 1.59. The van der Waals surface area contributed by atoms with Gasteiger partial charge < -0.3 is 26.4 Å². The number of carboxylic acid groups (broad SMARTS) is 1. The molecule has 0 unspecified atom stereocenters. The molecule has 8 nitrogen and oxygen atoms in total. The number of nitrogens with two attached hydrogens (primary N) is 1. The molecule has 114 valence electrons. The molecule has 0 aromatic heterocycles. The predicted molar refractivity (Wildman–Crippen MR) is 78.2 cm³/mol. The summed E-state index contributed by atoms with van der Waals surface area (Å²) in [5, 5.41) is 13.6. The van der Waals surface area contributed by atoms with Crippen molar-refractivity contribution in [3.8, 4) is 0 Å². The summed E-state index contributed by atoms with van der Waals surface area (Å²) in [6.07, 6.45) is -0.472. The van der Waals surface area contributed by atoms with Crippen LogP contribution in [0.2, 0.25) is 0 Å². The topological polar surface area (TPSA) is 125 Å². The minimum Gasteiger partial charge on any atom is -0.480 e. The lowest BCUT2D eigenvalue weighted by Crippen LogP contribution is -2.45. The number of benzene rings is 1. The van der Waals surface area contributed by atoms with Gasteiger partial charge >= 0.3 is 12.0 Å². The number of carbonyl (C=O) groups excluding carboxylic acids is 2. The molecular weight excluding hydrogens is 276 g/mol. The van der Waals surface area contributed by atoms with E-state index < -0.39 is 30.4 Å². The Morgan fingerprint density at radius 3 is 2.52 bits per heavy atom. The monoisotopic (exact) mass is 294 g/mol. The van der Waals surface area contributed by atoms with Crippen LogP contribution >= 0.6 is 0 Å². The number of urea groups is 1. The van der Waals surface area contributed by atoms with Crippen LogP contribution < -0.4 is 21.3 Å². The van der Waals surface area contributed by atoms with Crippen LogP contribution in [-0.2, 0) is 9.59 Å². The van der Waals surface area contributed by atoms with Crippen molar-refractivity contribution < 1.29 is 19.5 Å². The van der Waals surface area contributed by atoms with E-state index in [-0.39, 0.29) is 0 Å². The summed E-state index contributed by atoms with van der Waals surface area (Å²) in [6.45, 7) is 0. The van der Waals surface area contributed by atoms with Gasteiger partial charge in [0.05, 0.1) is 6.42 Å². The number of aliphatic carboxylic acids is 1. The first kappa shape index (κ1) is 16.3. The number of nitrogens with zero attached hydrogens (tertiary/aromatic N) is 1. The van der Waals surface area contributed by atoms with E-state index in [1.54, 1.807) is 18.2 Å². The van der Waals surface area contributed by atoms with Gasteiger partial charge in [0, 0.05) is 25.5 Å². The van der Waals surface area contributed by atoms with E-state index in [0.717, 1.165) is 5.69 Å². The van der Waals surface area contributed by atoms with Crippen LogP contribution in [0.4, 0.5) is 16.2 Å². The van der Waals surface area contributed by atoms with Crippen molar-refractivity contribution in [2.45, 2.75) is 12.5 Å². The average Bonchev–Trinajstić information content (AvgIpc) is 2.37. The van der Waals surface area contributed by atoms with Crippen molar-refractivity contribution in [1.82, 2.24) is 5.32 Å². The molecule has 0 heterocycles. The summed E-state index contributed by atoms with van der Waals surface area (Å²) in [5.74, 6) is -2.14. The van der Waals surface area contributed by atoms with Crippen molar-refractivity contribution in [3.63, 3.8) is 0 Å². The highest BCUT2D eigenvalue weighted by molar-refractivity contribution is 5.94. The van der Waals surface area contributed by atoms with Gasteiger partial charge in [-0.05, 0) is 18.2 Å². The number of amides is 3. The third-order valence-corrected chi connectivity index (χ3v) is 2.63. The third-order valence-electron chi connectivity index (χ3n) is 2.63. The second-order valence-corrected chi connectivity index (χ2v) is 4.60. The molecule has 1 aromatic carbocycles. The first-order valence-corrected chi connectivity index (χ1v) is 6.15. The fourth-order valence-corrected chi connectivity index (χ4v) is 1.59. The van der Waals surface area contributed by atoms with Gasteiger partial charge in [-0.3, -0.25) is 4.79 Å². The molecule has 0 aliphatic carbocycles. The Kier molecular flexibility index (Phi) is 5.53. The summed E-state index contributed by atoms with van der Waals surface area (Å²) >= 11 is 0. The number of primary amides is 1. The lowest BCUT2D eigenvalue weighted by Gasteiger charge is -2.16. The van der Waals surface area contributed by atoms with Crippen LogP contribution in [0.5, 0.6) is 0 Å². The molecule has 5 N–H and O–H groups in total. The molecule has 21 heavy (non-hydrogen) atoms. The molecule has 1 atom stereocenters. The number of hydrogen-bond acceptors (Lipinski definition) is 4. The second-order valence-electron chi connectivity index (χ2n) is 4.60. The molecule has 0 aliphatic rings. The minimum absolute atomic E-state index is 0.472. The van der Waals surface area contributed by atoms with Crippen LogP contribution in [0.15, 0.2) is 24.3 Å². The van der Waals surface area contributed by atoms with Gasteiger partial charge in [0.15, 0.2) is 0 Å². The fraction of sp³-hybridized carbons (Fsp3) is 0.308. The van der Waals surface area contributed by atoms with Gasteiger partial charge in [0.1, 0.15) is 6.04 Å². The average molecular weight is 294 g/mol. The number of nitrogens with one attached hydrogen (secondary N) is 2. The maximum Gasteiger partial charge on any atom is 0.326 e. The summed E-state index contributed by atoms with van der Waals surface area (Å²) in [4.78, 5) is 35.3. The van der Waals surface area contributed by atoms with E-state index in [1.807, 2.05) is 25.1 Å². The molecule has 1 rings (SSSR count). The van der Waals surface area contributed by atoms with Crippen LogP contribution in [0.1, 0.15) is 6.42 Å². The highest BCUT2D eigenvalue weighted by atomic mass is 16.4. The van der Waals surface area contributed by atoms with Gasteiger partial charge in [-0.1, -0.05) is 6.07 Å². The van der Waals surface area contributed by atoms with E-state index in [1.165, 1.54) is 0 Å². The van der Waals surface area contributed by atoms with Crippen molar-refractivity contribution >= 4 is 29.3 Å². The highest BCUT2D eigenvalue weighted by Gasteiger charge is 2.22. The Labute approximate surface area is 121 Å². The van der Waals surface area contributed by atoms with E-state index in [0.29, 0.717) is 5.69 Å². The predicted octanol–water partition coefficient (Wildman–Crippen LogP) is 0.203. The lowest BCUT2D eigenvalue weighted by atomic mass is 10.2. The molecule has 8 heteroatoms. The summed E-state index contributed by atoms with van der Waals surface area (Å²) in [7, 11) is 3.71. The number of rotatable bonds is 6. The number of carboxylic acids is 1. The first-order chi connectivity index (χ1) is 9.79. The SMILES string of the molecule is CN(C)c1cccc(NC(=O)N[C@H](CC(N)=O)C(=O)O)c1. The normalized spacial score (nSPS) is 11.3. The molecule has 0 radical (unpaired) electrons. The second kappa shape index (κ2) is 7.13. The minimum atomic E-state index is -1.36. The van der Waals surface area contributed by atoms with E-state index >= 15 is 0 Å². The van der Waals surface area contributed by atoms with Gasteiger partial charge in [-0.15, -0.1) is 0 Å². The Hall–Kier alpha value is -2.77. The Morgan fingerprint density at radius 1 is 1.33 bits per heavy atom. The molecular formula is C13H18N4O4. The Balaban J connectivity index is 2.69. The smallest absolute Gasteiger partial charge is 0.326 e. The summed E-state index contributed by atoms with van der Waals surface area (Å²) in [6, 6.07) is 4.91. The van der Waals surface area contributed by atoms with Crippen LogP contribution in [0.25, 0.3) is 0 Å². The summed E-state index contributed by atoms with van der Waals surface area (Å²) < 4.78 is 0. The molecule has 1 aromatic rings. The maximum absolute atomic E-state index is 11.7. The van der Waals surface area contributed by atoms with Gasteiger partial charge in [-0.25, -0.2) is 9.59 Å². The van der Waals surface area contributed by atoms with Crippen LogP contribution in [0, 0.1) is 0 Å². The standard InChI is InChI=1S/C13H18N4O4/c1-17(2)9-5-3-4-8(6-9)15-13(21)16-10(12(19)20)7-11(14)18/h3-6,10H,7H2,1-2H3,(H2,14,18)(H,19,20)(H2,15,16,21)/t10-/m1/s1. The van der Waals surface area contributed by atoms with E-state index in [9.17, 15) is 14.4 Å². The zero-order valence-corrected chi connectivity index (χ0v) is 11.8. The molecule has 0 fully saturated rings. The van der Waals surface area contributed by atoms with Crippen molar-refractivity contribution in [3.05, 3.63) is 24.3 Å². The van der Waals surface area contributed by atoms with Crippen molar-refractivity contribution in [1.29, 1.82) is 0 Å². The molecule has 0 saturated heterocycles. The van der Waals surface area contributed by atoms with Gasteiger partial charge in [0.25, 0.3) is 0 Å². The Bertz CT molecular complexity index is 545. The largest absolute Gasteiger partial charge is 0.480 e. The zero-order chi connectivity index (χ0) is 16.0. The maximum atomic E-state index is 11.7. The molecule has 0 aliphatic heterocycles. The molecule has 0 saturated carbocycles. The van der Waals surface area contributed by atoms with E-state index in [4.69, 9.17) is 10.8 Å². The highest BCUT2D eigenvalue weighted by Crippen LogP contribution is 2.17. The van der Waals surface area contributed by atoms with Gasteiger partial charge in [0.2, 0.25) is 5.91 Å². The quantitative estimate of drug-likeness (QED) is 0.596. The third kappa shape index (κ3) is 5.39. The number of anilines is 2.